The van der Waals surface area contributed by atoms with Crippen LogP contribution in [0, 0.1) is 0 Å². The van der Waals surface area contributed by atoms with Crippen molar-refractivity contribution in [3.63, 3.8) is 0 Å². The predicted molar refractivity (Wildman–Crippen MR) is 44.0 cm³/mol. The van der Waals surface area contributed by atoms with E-state index in [1.807, 2.05) is 0 Å². The van der Waals surface area contributed by atoms with Gasteiger partial charge in [0.1, 0.15) is 11.8 Å². The standard InChI is InChI=1S/C7H8BrF2NO/c1-7(9,10)6(11)5-4(8)2-3-12-5/h2-3,6H,11H2,1H3. The number of furan rings is 1. The molecule has 1 aromatic rings. The van der Waals surface area contributed by atoms with Gasteiger partial charge in [-0.05, 0) is 22.0 Å². The van der Waals surface area contributed by atoms with E-state index in [0.29, 0.717) is 4.47 Å². The highest BCUT2D eigenvalue weighted by Gasteiger charge is 2.35. The summed E-state index contributed by atoms with van der Waals surface area (Å²) in [6.45, 7) is 0.757. The highest BCUT2D eigenvalue weighted by atomic mass is 79.9. The van der Waals surface area contributed by atoms with Crippen LogP contribution in [0.5, 0.6) is 0 Å². The number of alkyl halides is 2. The molecule has 1 heterocycles. The second-order valence-corrected chi connectivity index (χ2v) is 3.42. The number of nitrogens with two attached hydrogens (primary N) is 1. The van der Waals surface area contributed by atoms with E-state index in [2.05, 4.69) is 15.9 Å². The first-order chi connectivity index (χ1) is 5.43. The number of hydrogen-bond acceptors (Lipinski definition) is 2. The van der Waals surface area contributed by atoms with Gasteiger partial charge in [0.05, 0.1) is 10.7 Å². The molecule has 2 nitrogen and oxygen atoms in total. The van der Waals surface area contributed by atoms with Gasteiger partial charge < -0.3 is 10.2 Å². The molecule has 0 saturated carbocycles. The van der Waals surface area contributed by atoms with Gasteiger partial charge in [-0.2, -0.15) is 0 Å². The van der Waals surface area contributed by atoms with E-state index in [1.165, 1.54) is 12.3 Å². The summed E-state index contributed by atoms with van der Waals surface area (Å²) < 4.78 is 30.6. The number of halogens is 3. The summed E-state index contributed by atoms with van der Waals surface area (Å²) in [5.41, 5.74) is 5.24. The van der Waals surface area contributed by atoms with E-state index in [0.717, 1.165) is 6.92 Å². The van der Waals surface area contributed by atoms with Crippen molar-refractivity contribution < 1.29 is 13.2 Å². The molecule has 12 heavy (non-hydrogen) atoms. The third kappa shape index (κ3) is 1.84. The molecule has 68 valence electrons. The molecular weight excluding hydrogens is 232 g/mol. The molecule has 0 aliphatic heterocycles. The van der Waals surface area contributed by atoms with E-state index >= 15 is 0 Å². The zero-order valence-electron chi connectivity index (χ0n) is 6.35. The molecule has 0 bridgehead atoms. The topological polar surface area (TPSA) is 39.2 Å². The second-order valence-electron chi connectivity index (χ2n) is 2.57. The fourth-order valence-corrected chi connectivity index (χ4v) is 1.21. The van der Waals surface area contributed by atoms with Gasteiger partial charge in [-0.3, -0.25) is 0 Å². The summed E-state index contributed by atoms with van der Waals surface area (Å²) in [5, 5.41) is 0. The molecule has 0 saturated heterocycles. The third-order valence-electron chi connectivity index (χ3n) is 1.47. The highest BCUT2D eigenvalue weighted by Crippen LogP contribution is 2.33. The summed E-state index contributed by atoms with van der Waals surface area (Å²) in [7, 11) is 0. The Morgan fingerprint density at radius 1 is 1.67 bits per heavy atom. The van der Waals surface area contributed by atoms with Crippen LogP contribution >= 0.6 is 15.9 Å². The molecule has 5 heteroatoms. The number of hydrogen-bond donors (Lipinski definition) is 1. The van der Waals surface area contributed by atoms with Gasteiger partial charge in [-0.15, -0.1) is 0 Å². The first-order valence-electron chi connectivity index (χ1n) is 3.29. The Morgan fingerprint density at radius 2 is 2.25 bits per heavy atom. The van der Waals surface area contributed by atoms with E-state index in [1.54, 1.807) is 0 Å². The molecule has 1 atom stereocenters. The number of rotatable bonds is 2. The van der Waals surface area contributed by atoms with Crippen LogP contribution in [0.4, 0.5) is 8.78 Å². The van der Waals surface area contributed by atoms with Gasteiger partial charge in [0.25, 0.3) is 5.92 Å². The smallest absolute Gasteiger partial charge is 0.267 e. The average Bonchev–Trinajstić information content (AvgIpc) is 2.31. The average molecular weight is 240 g/mol. The molecule has 2 N–H and O–H groups in total. The lowest BCUT2D eigenvalue weighted by Crippen LogP contribution is -2.29. The SMILES string of the molecule is CC(F)(F)C(N)c1occc1Br. The molecule has 0 amide bonds. The van der Waals surface area contributed by atoms with Crippen LogP contribution in [0.25, 0.3) is 0 Å². The zero-order chi connectivity index (χ0) is 9.35. The quantitative estimate of drug-likeness (QED) is 0.863. The maximum Gasteiger partial charge on any atom is 0.267 e. The molecule has 1 aromatic heterocycles. The fraction of sp³-hybridized carbons (Fsp3) is 0.429. The Kier molecular flexibility index (Phi) is 2.53. The lowest BCUT2D eigenvalue weighted by Gasteiger charge is -2.16. The van der Waals surface area contributed by atoms with Gasteiger partial charge in [-0.1, -0.05) is 0 Å². The summed E-state index contributed by atoms with van der Waals surface area (Å²) in [6.07, 6.45) is 1.31. The van der Waals surface area contributed by atoms with Gasteiger partial charge in [0, 0.05) is 6.92 Å². The van der Waals surface area contributed by atoms with Gasteiger partial charge >= 0.3 is 0 Å². The molecule has 0 aromatic carbocycles. The summed E-state index contributed by atoms with van der Waals surface area (Å²) in [6, 6.07) is 0.128. The minimum Gasteiger partial charge on any atom is -0.466 e. The largest absolute Gasteiger partial charge is 0.466 e. The third-order valence-corrected chi connectivity index (χ3v) is 2.13. The van der Waals surface area contributed by atoms with E-state index in [-0.39, 0.29) is 5.76 Å². The van der Waals surface area contributed by atoms with Crippen molar-refractivity contribution in [2.45, 2.75) is 18.9 Å². The monoisotopic (exact) mass is 239 g/mol. The molecule has 0 aliphatic rings. The van der Waals surface area contributed by atoms with Crippen LogP contribution in [-0.4, -0.2) is 5.92 Å². The van der Waals surface area contributed by atoms with Crippen molar-refractivity contribution in [3.05, 3.63) is 22.6 Å². The van der Waals surface area contributed by atoms with E-state index in [9.17, 15) is 8.78 Å². The van der Waals surface area contributed by atoms with Gasteiger partial charge in [-0.25, -0.2) is 8.78 Å². The molecular formula is C7H8BrF2NO. The van der Waals surface area contributed by atoms with Crippen LogP contribution < -0.4 is 5.73 Å². The lowest BCUT2D eigenvalue weighted by atomic mass is 10.1. The lowest BCUT2D eigenvalue weighted by molar-refractivity contribution is -0.0127. The van der Waals surface area contributed by atoms with Crippen molar-refractivity contribution in [1.29, 1.82) is 0 Å². The minimum absolute atomic E-state index is 0.0718. The maximum atomic E-state index is 12.7. The molecule has 0 aliphatic carbocycles. The molecule has 1 rings (SSSR count). The Balaban J connectivity index is 2.92. The summed E-state index contributed by atoms with van der Waals surface area (Å²) >= 11 is 3.05. The van der Waals surface area contributed by atoms with Crippen molar-refractivity contribution >= 4 is 15.9 Å². The van der Waals surface area contributed by atoms with Crippen LogP contribution in [0.15, 0.2) is 21.2 Å². The van der Waals surface area contributed by atoms with E-state index < -0.39 is 12.0 Å². The Morgan fingerprint density at radius 3 is 2.58 bits per heavy atom. The van der Waals surface area contributed by atoms with Crippen molar-refractivity contribution in [2.75, 3.05) is 0 Å². The van der Waals surface area contributed by atoms with Crippen molar-refractivity contribution in [1.82, 2.24) is 0 Å². The molecule has 1 unspecified atom stereocenters. The van der Waals surface area contributed by atoms with Crippen LogP contribution in [0.3, 0.4) is 0 Å². The van der Waals surface area contributed by atoms with Gasteiger partial charge in [0.15, 0.2) is 0 Å². The Hall–Kier alpha value is -0.420. The Bertz CT molecular complexity index is 269. The first kappa shape index (κ1) is 9.67. The maximum absolute atomic E-state index is 12.7. The van der Waals surface area contributed by atoms with Crippen molar-refractivity contribution in [2.24, 2.45) is 5.73 Å². The van der Waals surface area contributed by atoms with Crippen LogP contribution in [0.1, 0.15) is 18.7 Å². The fourth-order valence-electron chi connectivity index (χ4n) is 0.758. The van der Waals surface area contributed by atoms with E-state index in [4.69, 9.17) is 10.2 Å². The normalized spacial score (nSPS) is 14.8. The Labute approximate surface area is 76.9 Å². The zero-order valence-corrected chi connectivity index (χ0v) is 7.94. The van der Waals surface area contributed by atoms with Crippen molar-refractivity contribution in [3.8, 4) is 0 Å². The predicted octanol–water partition coefficient (Wildman–Crippen LogP) is 2.70. The first-order valence-corrected chi connectivity index (χ1v) is 4.08. The molecule has 0 fully saturated rings. The van der Waals surface area contributed by atoms with Gasteiger partial charge in [0.2, 0.25) is 0 Å². The minimum atomic E-state index is -2.97. The highest BCUT2D eigenvalue weighted by molar-refractivity contribution is 9.10. The second kappa shape index (κ2) is 3.14. The molecule has 0 radical (unpaired) electrons. The van der Waals surface area contributed by atoms with Crippen LogP contribution in [0.2, 0.25) is 0 Å². The summed E-state index contributed by atoms with van der Waals surface area (Å²) in [5.74, 6) is -2.90. The molecule has 0 spiro atoms. The summed E-state index contributed by atoms with van der Waals surface area (Å²) in [4.78, 5) is 0. The van der Waals surface area contributed by atoms with Crippen LogP contribution in [-0.2, 0) is 0 Å².